The van der Waals surface area contributed by atoms with Crippen molar-refractivity contribution in [2.75, 3.05) is 0 Å². The third kappa shape index (κ3) is 3.33. The normalized spacial score (nSPS) is 12.6. The van der Waals surface area contributed by atoms with Crippen LogP contribution in [0.3, 0.4) is 0 Å². The molecule has 2 rings (SSSR count). The van der Waals surface area contributed by atoms with Crippen LogP contribution < -0.4 is 0 Å². The maximum absolute atomic E-state index is 13.0. The number of aliphatic hydroxyl groups is 1. The zero-order valence-corrected chi connectivity index (χ0v) is 11.4. The predicted molar refractivity (Wildman–Crippen MR) is 72.6 cm³/mol. The summed E-state index contributed by atoms with van der Waals surface area (Å²) in [7, 11) is 0. The van der Waals surface area contributed by atoms with E-state index in [9.17, 15) is 9.50 Å². The first-order valence-electron chi connectivity index (χ1n) is 6.25. The molecule has 1 aromatic heterocycles. The maximum atomic E-state index is 13.0. The van der Waals surface area contributed by atoms with Gasteiger partial charge in [0.05, 0.1) is 11.8 Å². The average molecular weight is 283 g/mol. The molecule has 0 saturated carbocycles. The van der Waals surface area contributed by atoms with Gasteiger partial charge in [-0.3, -0.25) is 4.68 Å². The highest BCUT2D eigenvalue weighted by Crippen LogP contribution is 2.24. The summed E-state index contributed by atoms with van der Waals surface area (Å²) in [5, 5.41) is 14.8. The Kier molecular flexibility index (Phi) is 4.56. The van der Waals surface area contributed by atoms with Crippen molar-refractivity contribution in [3.05, 3.63) is 52.6 Å². The number of hydrogen-bond acceptors (Lipinski definition) is 2. The van der Waals surface area contributed by atoms with Gasteiger partial charge in [0, 0.05) is 24.2 Å². The van der Waals surface area contributed by atoms with Crippen molar-refractivity contribution in [2.24, 2.45) is 0 Å². The Morgan fingerprint density at radius 2 is 2.21 bits per heavy atom. The molecule has 0 radical (unpaired) electrons. The summed E-state index contributed by atoms with van der Waals surface area (Å²) in [5.41, 5.74) is 1.47. The predicted octanol–water partition coefficient (Wildman–Crippen LogP) is 3.36. The van der Waals surface area contributed by atoms with E-state index >= 15 is 0 Å². The fraction of sp³-hybridized carbons (Fsp3) is 0.357. The molecule has 0 aliphatic heterocycles. The molecule has 1 atom stereocenters. The van der Waals surface area contributed by atoms with E-state index in [0.717, 1.165) is 24.2 Å². The Morgan fingerprint density at radius 3 is 2.89 bits per heavy atom. The third-order valence-electron chi connectivity index (χ3n) is 2.95. The van der Waals surface area contributed by atoms with Crippen molar-refractivity contribution >= 4 is 11.6 Å². The third-order valence-corrected chi connectivity index (χ3v) is 3.31. The van der Waals surface area contributed by atoms with Gasteiger partial charge in [-0.25, -0.2) is 4.39 Å². The van der Waals surface area contributed by atoms with Crippen LogP contribution in [-0.2, 0) is 13.0 Å². The number of nitrogens with zero attached hydrogens (tertiary/aromatic N) is 2. The van der Waals surface area contributed by atoms with E-state index in [1.54, 1.807) is 23.0 Å². The van der Waals surface area contributed by atoms with Gasteiger partial charge in [0.25, 0.3) is 0 Å². The molecular weight excluding hydrogens is 267 g/mol. The molecule has 19 heavy (non-hydrogen) atoms. The quantitative estimate of drug-likeness (QED) is 0.913. The topological polar surface area (TPSA) is 38.0 Å². The van der Waals surface area contributed by atoms with Crippen LogP contribution in [-0.4, -0.2) is 14.9 Å². The summed E-state index contributed by atoms with van der Waals surface area (Å²) in [4.78, 5) is 0. The molecule has 1 N–H and O–H groups in total. The Bertz CT molecular complexity index is 556. The molecule has 1 unspecified atom stereocenters. The molecule has 0 amide bonds. The number of rotatable bonds is 5. The van der Waals surface area contributed by atoms with Gasteiger partial charge in [-0.15, -0.1) is 0 Å². The minimum Gasteiger partial charge on any atom is -0.386 e. The molecule has 0 spiro atoms. The first kappa shape index (κ1) is 14.0. The summed E-state index contributed by atoms with van der Waals surface area (Å²) in [6, 6.07) is 5.99. The average Bonchev–Trinajstić information content (AvgIpc) is 2.81. The van der Waals surface area contributed by atoms with E-state index in [2.05, 4.69) is 12.0 Å². The summed E-state index contributed by atoms with van der Waals surface area (Å²) >= 11 is 5.96. The first-order chi connectivity index (χ1) is 9.11. The number of benzene rings is 1. The van der Waals surface area contributed by atoms with E-state index in [-0.39, 0.29) is 5.82 Å². The van der Waals surface area contributed by atoms with E-state index in [1.165, 1.54) is 12.1 Å². The van der Waals surface area contributed by atoms with Gasteiger partial charge in [-0.2, -0.15) is 5.10 Å². The molecule has 1 heterocycles. The number of aliphatic hydroxyl groups excluding tert-OH is 1. The molecule has 3 nitrogen and oxygen atoms in total. The highest BCUT2D eigenvalue weighted by molar-refractivity contribution is 6.31. The summed E-state index contributed by atoms with van der Waals surface area (Å²) in [6.07, 6.45) is 2.25. The van der Waals surface area contributed by atoms with Crippen LogP contribution in [0.1, 0.15) is 30.7 Å². The fourth-order valence-corrected chi connectivity index (χ4v) is 2.27. The van der Waals surface area contributed by atoms with Crippen molar-refractivity contribution in [1.29, 1.82) is 0 Å². The van der Waals surface area contributed by atoms with Crippen molar-refractivity contribution in [3.8, 4) is 0 Å². The van der Waals surface area contributed by atoms with Gasteiger partial charge < -0.3 is 5.11 Å². The lowest BCUT2D eigenvalue weighted by molar-refractivity contribution is 0.166. The summed E-state index contributed by atoms with van der Waals surface area (Å²) in [6.45, 7) is 2.81. The van der Waals surface area contributed by atoms with E-state index in [0.29, 0.717) is 11.4 Å². The molecule has 0 bridgehead atoms. The lowest BCUT2D eigenvalue weighted by Gasteiger charge is -2.14. The zero-order chi connectivity index (χ0) is 13.8. The monoisotopic (exact) mass is 282 g/mol. The fourth-order valence-electron chi connectivity index (χ4n) is 2.02. The second-order valence-electron chi connectivity index (χ2n) is 4.43. The lowest BCUT2D eigenvalue weighted by Crippen LogP contribution is -2.11. The second kappa shape index (κ2) is 6.17. The van der Waals surface area contributed by atoms with Gasteiger partial charge in [-0.1, -0.05) is 24.6 Å². The van der Waals surface area contributed by atoms with Crippen LogP contribution in [0.4, 0.5) is 4.39 Å². The largest absolute Gasteiger partial charge is 0.386 e. The Labute approximate surface area is 116 Å². The minimum atomic E-state index is -0.697. The Balaban J connectivity index is 2.16. The van der Waals surface area contributed by atoms with E-state index in [1.807, 2.05) is 0 Å². The van der Waals surface area contributed by atoms with Crippen molar-refractivity contribution in [1.82, 2.24) is 9.78 Å². The molecule has 0 saturated heterocycles. The summed E-state index contributed by atoms with van der Waals surface area (Å²) < 4.78 is 14.7. The van der Waals surface area contributed by atoms with Gasteiger partial charge in [0.2, 0.25) is 0 Å². The van der Waals surface area contributed by atoms with Crippen LogP contribution >= 0.6 is 11.6 Å². The van der Waals surface area contributed by atoms with Crippen LogP contribution in [0.15, 0.2) is 30.5 Å². The number of hydrogen-bond donors (Lipinski definition) is 1. The molecule has 5 heteroatoms. The second-order valence-corrected chi connectivity index (χ2v) is 4.84. The van der Waals surface area contributed by atoms with Gasteiger partial charge >= 0.3 is 0 Å². The SMILES string of the molecule is CCCn1nccc1C(O)Cc1ccc(F)cc1Cl. The van der Waals surface area contributed by atoms with Crippen LogP contribution in [0, 0.1) is 5.82 Å². The van der Waals surface area contributed by atoms with Gasteiger partial charge in [-0.05, 0) is 30.2 Å². The van der Waals surface area contributed by atoms with Crippen molar-refractivity contribution < 1.29 is 9.50 Å². The summed E-state index contributed by atoms with van der Waals surface area (Å²) in [5.74, 6) is -0.376. The smallest absolute Gasteiger partial charge is 0.124 e. The van der Waals surface area contributed by atoms with E-state index in [4.69, 9.17) is 11.6 Å². The zero-order valence-electron chi connectivity index (χ0n) is 10.7. The molecule has 0 aliphatic rings. The number of aromatic nitrogens is 2. The highest BCUT2D eigenvalue weighted by Gasteiger charge is 2.15. The molecular formula is C14H16ClFN2O. The lowest BCUT2D eigenvalue weighted by atomic mass is 10.1. The number of halogens is 2. The Hall–Kier alpha value is -1.39. The van der Waals surface area contributed by atoms with Gasteiger partial charge in [0.1, 0.15) is 5.82 Å². The van der Waals surface area contributed by atoms with Crippen molar-refractivity contribution in [3.63, 3.8) is 0 Å². The van der Waals surface area contributed by atoms with Crippen molar-refractivity contribution in [2.45, 2.75) is 32.4 Å². The van der Waals surface area contributed by atoms with Crippen LogP contribution in [0.25, 0.3) is 0 Å². The molecule has 0 aliphatic carbocycles. The first-order valence-corrected chi connectivity index (χ1v) is 6.63. The molecule has 2 aromatic rings. The molecule has 102 valence electrons. The molecule has 1 aromatic carbocycles. The molecule has 0 fully saturated rings. The van der Waals surface area contributed by atoms with Crippen LogP contribution in [0.5, 0.6) is 0 Å². The number of aryl methyl sites for hydroxylation is 1. The van der Waals surface area contributed by atoms with Crippen LogP contribution in [0.2, 0.25) is 5.02 Å². The highest BCUT2D eigenvalue weighted by atomic mass is 35.5. The standard InChI is InChI=1S/C14H16ClFN2O/c1-2-7-18-13(5-6-17-18)14(19)8-10-3-4-11(16)9-12(10)15/h3-6,9,14,19H,2,7-8H2,1H3. The maximum Gasteiger partial charge on any atom is 0.124 e. The van der Waals surface area contributed by atoms with Gasteiger partial charge in [0.15, 0.2) is 0 Å². The minimum absolute atomic E-state index is 0.334. The Morgan fingerprint density at radius 1 is 1.42 bits per heavy atom. The van der Waals surface area contributed by atoms with E-state index < -0.39 is 6.10 Å².